The molecule has 112 valence electrons. The van der Waals surface area contributed by atoms with Crippen molar-refractivity contribution in [3.8, 4) is 5.75 Å². The Bertz CT molecular complexity index is 447. The highest BCUT2D eigenvalue weighted by Crippen LogP contribution is 2.37. The Hall–Kier alpha value is -0.290. The summed E-state index contributed by atoms with van der Waals surface area (Å²) in [5.74, 6) is 0.645. The second-order valence-electron chi connectivity index (χ2n) is 5.09. The van der Waals surface area contributed by atoms with Gasteiger partial charge in [0.2, 0.25) is 0 Å². The molecule has 1 aliphatic rings. The van der Waals surface area contributed by atoms with Crippen LogP contribution in [0.25, 0.3) is 0 Å². The van der Waals surface area contributed by atoms with E-state index in [9.17, 15) is 5.11 Å². The summed E-state index contributed by atoms with van der Waals surface area (Å²) in [6, 6.07) is 3.53. The lowest BCUT2D eigenvalue weighted by Gasteiger charge is -2.24. The first-order valence-electron chi connectivity index (χ1n) is 6.94. The SMILES string of the molecule is COc1c(Br)cc(Cl)cc1C(O)CCC1CCCCO1. The van der Waals surface area contributed by atoms with Crippen LogP contribution in [-0.4, -0.2) is 24.9 Å². The van der Waals surface area contributed by atoms with Crippen LogP contribution in [0.15, 0.2) is 16.6 Å². The zero-order chi connectivity index (χ0) is 14.5. The second-order valence-corrected chi connectivity index (χ2v) is 6.38. The lowest BCUT2D eigenvalue weighted by Crippen LogP contribution is -2.19. The number of rotatable bonds is 5. The fourth-order valence-electron chi connectivity index (χ4n) is 2.58. The number of aliphatic hydroxyl groups is 1. The summed E-state index contributed by atoms with van der Waals surface area (Å²) in [4.78, 5) is 0. The minimum atomic E-state index is -0.592. The van der Waals surface area contributed by atoms with Crippen molar-refractivity contribution < 1.29 is 14.6 Å². The van der Waals surface area contributed by atoms with E-state index in [2.05, 4.69) is 15.9 Å². The number of aliphatic hydroxyl groups excluding tert-OH is 1. The van der Waals surface area contributed by atoms with Crippen LogP contribution in [-0.2, 0) is 4.74 Å². The van der Waals surface area contributed by atoms with Gasteiger partial charge in [-0.25, -0.2) is 0 Å². The van der Waals surface area contributed by atoms with Gasteiger partial charge in [-0.15, -0.1) is 0 Å². The fourth-order valence-corrected chi connectivity index (χ4v) is 3.57. The van der Waals surface area contributed by atoms with Crippen molar-refractivity contribution in [3.05, 3.63) is 27.2 Å². The van der Waals surface area contributed by atoms with Gasteiger partial charge < -0.3 is 14.6 Å². The first kappa shape index (κ1) is 16.1. The third-order valence-corrected chi connectivity index (χ3v) is 4.44. The maximum atomic E-state index is 10.4. The zero-order valence-electron chi connectivity index (χ0n) is 11.6. The average Bonchev–Trinajstić information content (AvgIpc) is 2.45. The molecule has 0 aliphatic carbocycles. The van der Waals surface area contributed by atoms with Gasteiger partial charge in [-0.3, -0.25) is 0 Å². The summed E-state index contributed by atoms with van der Waals surface area (Å²) < 4.78 is 11.8. The smallest absolute Gasteiger partial charge is 0.138 e. The lowest BCUT2D eigenvalue weighted by molar-refractivity contribution is 0.00198. The molecule has 0 radical (unpaired) electrons. The van der Waals surface area contributed by atoms with E-state index in [1.54, 1.807) is 19.2 Å². The molecule has 3 nitrogen and oxygen atoms in total. The van der Waals surface area contributed by atoms with E-state index in [1.165, 1.54) is 6.42 Å². The standard InChI is InChI=1S/C15H20BrClO3/c1-19-15-12(8-10(17)9-13(15)16)14(18)6-5-11-4-2-3-7-20-11/h8-9,11,14,18H,2-7H2,1H3. The monoisotopic (exact) mass is 362 g/mol. The second kappa shape index (κ2) is 7.64. The molecule has 0 amide bonds. The Morgan fingerprint density at radius 3 is 2.95 bits per heavy atom. The maximum absolute atomic E-state index is 10.4. The molecule has 0 spiro atoms. The summed E-state index contributed by atoms with van der Waals surface area (Å²) in [6.45, 7) is 0.840. The Kier molecular flexibility index (Phi) is 6.15. The third-order valence-electron chi connectivity index (χ3n) is 3.64. The molecule has 2 unspecified atom stereocenters. The first-order valence-corrected chi connectivity index (χ1v) is 8.11. The predicted molar refractivity (Wildman–Crippen MR) is 83.5 cm³/mol. The summed E-state index contributed by atoms with van der Waals surface area (Å²) in [7, 11) is 1.59. The van der Waals surface area contributed by atoms with Crippen molar-refractivity contribution in [2.75, 3.05) is 13.7 Å². The molecule has 0 bridgehead atoms. The molecule has 0 saturated carbocycles. The summed E-state index contributed by atoms with van der Waals surface area (Å²) in [5.41, 5.74) is 0.725. The normalized spacial score (nSPS) is 20.7. The van der Waals surface area contributed by atoms with E-state index in [1.807, 2.05) is 0 Å². The molecular formula is C15H20BrClO3. The molecule has 1 aliphatic heterocycles. The van der Waals surface area contributed by atoms with Crippen molar-refractivity contribution in [1.82, 2.24) is 0 Å². The third kappa shape index (κ3) is 4.10. The van der Waals surface area contributed by atoms with Crippen molar-refractivity contribution in [2.45, 2.75) is 44.3 Å². The van der Waals surface area contributed by atoms with Gasteiger partial charge in [0.15, 0.2) is 0 Å². The van der Waals surface area contributed by atoms with E-state index in [0.29, 0.717) is 17.2 Å². The number of hydrogen-bond acceptors (Lipinski definition) is 3. The van der Waals surface area contributed by atoms with Gasteiger partial charge in [0.25, 0.3) is 0 Å². The van der Waals surface area contributed by atoms with E-state index in [4.69, 9.17) is 21.1 Å². The highest BCUT2D eigenvalue weighted by Gasteiger charge is 2.20. The van der Waals surface area contributed by atoms with E-state index < -0.39 is 6.10 Å². The Morgan fingerprint density at radius 1 is 1.50 bits per heavy atom. The van der Waals surface area contributed by atoms with Gasteiger partial charge in [-0.2, -0.15) is 0 Å². The van der Waals surface area contributed by atoms with Crippen LogP contribution in [0.5, 0.6) is 5.75 Å². The fraction of sp³-hybridized carbons (Fsp3) is 0.600. The Labute approximate surface area is 133 Å². The van der Waals surface area contributed by atoms with Gasteiger partial charge in [0.1, 0.15) is 5.75 Å². The molecule has 1 fully saturated rings. The molecule has 2 atom stereocenters. The van der Waals surface area contributed by atoms with E-state index in [-0.39, 0.29) is 6.10 Å². The largest absolute Gasteiger partial charge is 0.495 e. The Morgan fingerprint density at radius 2 is 2.30 bits per heavy atom. The first-order chi connectivity index (χ1) is 9.61. The molecule has 20 heavy (non-hydrogen) atoms. The lowest BCUT2D eigenvalue weighted by atomic mass is 9.98. The molecule has 5 heteroatoms. The summed E-state index contributed by atoms with van der Waals surface area (Å²) >= 11 is 9.46. The van der Waals surface area contributed by atoms with Crippen LogP contribution >= 0.6 is 27.5 Å². The highest BCUT2D eigenvalue weighted by atomic mass is 79.9. The molecular weight excluding hydrogens is 344 g/mol. The van der Waals surface area contributed by atoms with Gasteiger partial charge in [0.05, 0.1) is 23.8 Å². The minimum Gasteiger partial charge on any atom is -0.495 e. The molecule has 1 N–H and O–H groups in total. The van der Waals surface area contributed by atoms with E-state index in [0.717, 1.165) is 35.9 Å². The molecule has 1 heterocycles. The molecule has 1 aromatic carbocycles. The van der Waals surface area contributed by atoms with E-state index >= 15 is 0 Å². The van der Waals surface area contributed by atoms with Gasteiger partial charge >= 0.3 is 0 Å². The quantitative estimate of drug-likeness (QED) is 0.837. The van der Waals surface area contributed by atoms with Crippen LogP contribution in [0.2, 0.25) is 5.02 Å². The predicted octanol–water partition coefficient (Wildman–Crippen LogP) is 4.49. The van der Waals surface area contributed by atoms with Crippen molar-refractivity contribution in [3.63, 3.8) is 0 Å². The van der Waals surface area contributed by atoms with Crippen LogP contribution in [0, 0.1) is 0 Å². The van der Waals surface area contributed by atoms with Crippen molar-refractivity contribution in [2.24, 2.45) is 0 Å². The molecule has 1 saturated heterocycles. The minimum absolute atomic E-state index is 0.270. The molecule has 0 aromatic heterocycles. The zero-order valence-corrected chi connectivity index (χ0v) is 13.9. The molecule has 1 aromatic rings. The Balaban J connectivity index is 2.02. The highest BCUT2D eigenvalue weighted by molar-refractivity contribution is 9.10. The number of ether oxygens (including phenoxy) is 2. The maximum Gasteiger partial charge on any atom is 0.138 e. The number of methoxy groups -OCH3 is 1. The van der Waals surface area contributed by atoms with Crippen LogP contribution in [0.4, 0.5) is 0 Å². The number of benzene rings is 1. The molecule has 2 rings (SSSR count). The number of halogens is 2. The number of hydrogen-bond donors (Lipinski definition) is 1. The summed E-state index contributed by atoms with van der Waals surface area (Å²) in [5, 5.41) is 11.0. The van der Waals surface area contributed by atoms with Gasteiger partial charge in [-0.05, 0) is 60.2 Å². The van der Waals surface area contributed by atoms with Crippen LogP contribution in [0.3, 0.4) is 0 Å². The van der Waals surface area contributed by atoms with Crippen molar-refractivity contribution >= 4 is 27.5 Å². The topological polar surface area (TPSA) is 38.7 Å². The van der Waals surface area contributed by atoms with Crippen LogP contribution < -0.4 is 4.74 Å². The van der Waals surface area contributed by atoms with Crippen molar-refractivity contribution in [1.29, 1.82) is 0 Å². The average molecular weight is 364 g/mol. The van der Waals surface area contributed by atoms with Gasteiger partial charge in [-0.1, -0.05) is 11.6 Å². The summed E-state index contributed by atoms with van der Waals surface area (Å²) in [6.07, 6.45) is 4.63. The van der Waals surface area contributed by atoms with Crippen LogP contribution in [0.1, 0.15) is 43.8 Å². The van der Waals surface area contributed by atoms with Gasteiger partial charge in [0, 0.05) is 17.2 Å².